The summed E-state index contributed by atoms with van der Waals surface area (Å²) in [6, 6.07) is 12.0. The maximum atomic E-state index is 15.9. The number of fused-ring (bicyclic) bond motifs is 3. The van der Waals surface area contributed by atoms with Gasteiger partial charge in [-0.15, -0.1) is 0 Å². The Labute approximate surface area is 242 Å². The SMILES string of the molecule is COc1nc(N2CC3(CCNC3)C2)c2cnc(-c3cccc4cccc(Cl)c34)c(F)c2n1.FC1CC2CCCN2C1. The molecule has 4 saturated heterocycles. The number of hydrogen-bond acceptors (Lipinski definition) is 7. The number of halogens is 3. The van der Waals surface area contributed by atoms with Crippen LogP contribution in [-0.4, -0.2) is 78.4 Å². The van der Waals surface area contributed by atoms with Gasteiger partial charge in [0, 0.05) is 59.8 Å². The Morgan fingerprint density at radius 2 is 1.98 bits per heavy atom. The van der Waals surface area contributed by atoms with Crippen molar-refractivity contribution in [3.05, 3.63) is 53.4 Å². The summed E-state index contributed by atoms with van der Waals surface area (Å²) in [5.41, 5.74) is 1.32. The molecule has 4 aliphatic rings. The molecule has 4 aliphatic heterocycles. The highest BCUT2D eigenvalue weighted by Gasteiger charge is 2.46. The van der Waals surface area contributed by atoms with Crippen LogP contribution in [-0.2, 0) is 0 Å². The first-order valence-electron chi connectivity index (χ1n) is 14.4. The maximum Gasteiger partial charge on any atom is 0.318 e. The number of methoxy groups -OCH3 is 1. The molecule has 8 rings (SSSR count). The van der Waals surface area contributed by atoms with Crippen LogP contribution in [0, 0.1) is 11.2 Å². The Hall–Kier alpha value is -3.14. The minimum Gasteiger partial charge on any atom is -0.467 e. The number of aromatic nitrogens is 3. The van der Waals surface area contributed by atoms with Gasteiger partial charge in [-0.25, -0.2) is 8.78 Å². The molecule has 6 heterocycles. The smallest absolute Gasteiger partial charge is 0.318 e. The first kappa shape index (κ1) is 26.7. The van der Waals surface area contributed by atoms with Crippen molar-refractivity contribution in [2.45, 2.75) is 37.9 Å². The molecule has 1 spiro atoms. The average Bonchev–Trinajstić information content (AvgIpc) is 3.70. The van der Waals surface area contributed by atoms with Gasteiger partial charge in [-0.1, -0.05) is 41.9 Å². The van der Waals surface area contributed by atoms with E-state index < -0.39 is 12.0 Å². The van der Waals surface area contributed by atoms with Crippen LogP contribution >= 0.6 is 11.6 Å². The zero-order chi connectivity index (χ0) is 28.1. The van der Waals surface area contributed by atoms with Gasteiger partial charge in [-0.2, -0.15) is 9.97 Å². The van der Waals surface area contributed by atoms with Crippen molar-refractivity contribution < 1.29 is 13.5 Å². The van der Waals surface area contributed by atoms with Crippen LogP contribution in [0.25, 0.3) is 32.9 Å². The number of hydrogen-bond donors (Lipinski definition) is 1. The summed E-state index contributed by atoms with van der Waals surface area (Å²) in [5, 5.41) is 6.26. The Bertz CT molecular complexity index is 1590. The molecule has 214 valence electrons. The molecular weight excluding hydrogens is 546 g/mol. The van der Waals surface area contributed by atoms with E-state index in [0.717, 1.165) is 56.3 Å². The van der Waals surface area contributed by atoms with Gasteiger partial charge in [0.05, 0.1) is 12.5 Å². The molecule has 2 aromatic heterocycles. The van der Waals surface area contributed by atoms with E-state index in [0.29, 0.717) is 34.4 Å². The lowest BCUT2D eigenvalue weighted by atomic mass is 9.79. The molecular formula is C31H33ClF2N6O. The normalized spacial score (nSPS) is 23.1. The number of nitrogens with zero attached hydrogens (tertiary/aromatic N) is 5. The fourth-order valence-electron chi connectivity index (χ4n) is 7.04. The van der Waals surface area contributed by atoms with Crippen molar-refractivity contribution >= 4 is 39.1 Å². The first-order chi connectivity index (χ1) is 19.9. The fourth-order valence-corrected chi connectivity index (χ4v) is 7.32. The summed E-state index contributed by atoms with van der Waals surface area (Å²) in [7, 11) is 1.49. The predicted octanol–water partition coefficient (Wildman–Crippen LogP) is 5.64. The van der Waals surface area contributed by atoms with Crippen LogP contribution in [0.5, 0.6) is 6.01 Å². The second-order valence-corrected chi connectivity index (χ2v) is 12.2. The molecule has 0 radical (unpaired) electrons. The summed E-state index contributed by atoms with van der Waals surface area (Å²) in [6.07, 6.45) is 5.62. The van der Waals surface area contributed by atoms with Crippen LogP contribution < -0.4 is 15.0 Å². The number of alkyl halides is 1. The summed E-state index contributed by atoms with van der Waals surface area (Å²) < 4.78 is 33.8. The van der Waals surface area contributed by atoms with E-state index >= 15 is 4.39 Å². The molecule has 4 fully saturated rings. The average molecular weight is 579 g/mol. The molecule has 10 heteroatoms. The van der Waals surface area contributed by atoms with E-state index in [1.807, 2.05) is 30.3 Å². The van der Waals surface area contributed by atoms with E-state index in [1.54, 1.807) is 12.3 Å². The zero-order valence-corrected chi connectivity index (χ0v) is 23.8. The van der Waals surface area contributed by atoms with Gasteiger partial charge in [0.25, 0.3) is 0 Å². The van der Waals surface area contributed by atoms with Gasteiger partial charge in [0.15, 0.2) is 5.82 Å². The third-order valence-electron chi connectivity index (χ3n) is 9.08. The largest absolute Gasteiger partial charge is 0.467 e. The number of pyridine rings is 1. The number of nitrogens with one attached hydrogen (secondary N) is 1. The molecule has 0 aliphatic carbocycles. The van der Waals surface area contributed by atoms with Crippen LogP contribution in [0.15, 0.2) is 42.6 Å². The molecule has 1 N–H and O–H groups in total. The lowest BCUT2D eigenvalue weighted by molar-refractivity contribution is 0.241. The van der Waals surface area contributed by atoms with Crippen molar-refractivity contribution in [2.24, 2.45) is 5.41 Å². The van der Waals surface area contributed by atoms with Crippen LogP contribution in [0.2, 0.25) is 5.02 Å². The van der Waals surface area contributed by atoms with Crippen molar-refractivity contribution in [1.29, 1.82) is 0 Å². The van der Waals surface area contributed by atoms with E-state index in [-0.39, 0.29) is 22.6 Å². The van der Waals surface area contributed by atoms with E-state index in [9.17, 15) is 4.39 Å². The van der Waals surface area contributed by atoms with Crippen molar-refractivity contribution in [2.75, 3.05) is 51.3 Å². The molecule has 4 aromatic rings. The number of ether oxygens (including phenoxy) is 1. The Morgan fingerprint density at radius 1 is 1.15 bits per heavy atom. The second-order valence-electron chi connectivity index (χ2n) is 11.8. The van der Waals surface area contributed by atoms with Gasteiger partial charge in [0.1, 0.15) is 23.2 Å². The molecule has 2 unspecified atom stereocenters. The van der Waals surface area contributed by atoms with Crippen molar-refractivity contribution in [1.82, 2.24) is 25.2 Å². The standard InChI is InChI=1S/C24H21ClFN5O.C7H12FN/c1-32-23-29-21-16(22(30-23)31-12-24(13-31)8-9-27-11-24)10-28-20(19(21)26)15-6-2-4-14-5-3-7-17(25)18(14)15;8-6-4-7-2-1-3-9(7)5-6/h2-7,10,27H,8-9,11-13H2,1H3;6-7H,1-5H2. The van der Waals surface area contributed by atoms with Gasteiger partial charge >= 0.3 is 6.01 Å². The van der Waals surface area contributed by atoms with Gasteiger partial charge in [0.2, 0.25) is 0 Å². The molecule has 41 heavy (non-hydrogen) atoms. The summed E-state index contributed by atoms with van der Waals surface area (Å²) in [6.45, 7) is 5.64. The summed E-state index contributed by atoms with van der Waals surface area (Å²) in [4.78, 5) is 17.9. The highest BCUT2D eigenvalue weighted by atomic mass is 35.5. The van der Waals surface area contributed by atoms with E-state index in [4.69, 9.17) is 16.3 Å². The Kier molecular flexibility index (Phi) is 6.92. The molecule has 0 saturated carbocycles. The van der Waals surface area contributed by atoms with Gasteiger partial charge in [-0.05, 0) is 50.2 Å². The fraction of sp³-hybridized carbons (Fsp3) is 0.452. The highest BCUT2D eigenvalue weighted by molar-refractivity contribution is 6.36. The number of benzene rings is 2. The monoisotopic (exact) mass is 578 g/mol. The third-order valence-corrected chi connectivity index (χ3v) is 9.39. The number of rotatable bonds is 3. The number of anilines is 1. The van der Waals surface area contributed by atoms with Crippen LogP contribution in [0.3, 0.4) is 0 Å². The maximum absolute atomic E-state index is 15.9. The second kappa shape index (κ2) is 10.6. The third kappa shape index (κ3) is 4.77. The van der Waals surface area contributed by atoms with Crippen LogP contribution in [0.4, 0.5) is 14.6 Å². The summed E-state index contributed by atoms with van der Waals surface area (Å²) >= 11 is 6.48. The molecule has 7 nitrogen and oxygen atoms in total. The first-order valence-corrected chi connectivity index (χ1v) is 14.7. The van der Waals surface area contributed by atoms with E-state index in [1.165, 1.54) is 20.0 Å². The molecule has 0 bridgehead atoms. The van der Waals surface area contributed by atoms with E-state index in [2.05, 4.69) is 30.1 Å². The Balaban J connectivity index is 0.000000260. The van der Waals surface area contributed by atoms with Gasteiger partial charge in [-0.3, -0.25) is 9.88 Å². The predicted molar refractivity (Wildman–Crippen MR) is 158 cm³/mol. The van der Waals surface area contributed by atoms with Crippen molar-refractivity contribution in [3.8, 4) is 17.3 Å². The van der Waals surface area contributed by atoms with Crippen LogP contribution in [0.1, 0.15) is 25.7 Å². The minimum absolute atomic E-state index is 0.144. The van der Waals surface area contributed by atoms with Crippen molar-refractivity contribution in [3.63, 3.8) is 0 Å². The quantitative estimate of drug-likeness (QED) is 0.337. The highest BCUT2D eigenvalue weighted by Crippen LogP contribution is 2.42. The summed E-state index contributed by atoms with van der Waals surface area (Å²) in [5.74, 6) is 0.160. The molecule has 0 amide bonds. The topological polar surface area (TPSA) is 66.4 Å². The molecule has 2 atom stereocenters. The lowest BCUT2D eigenvalue weighted by Crippen LogP contribution is -2.57. The Morgan fingerprint density at radius 3 is 2.73 bits per heavy atom. The molecule has 2 aromatic carbocycles. The lowest BCUT2D eigenvalue weighted by Gasteiger charge is -2.48. The zero-order valence-electron chi connectivity index (χ0n) is 23.0. The minimum atomic E-state index is -0.518. The van der Waals surface area contributed by atoms with Gasteiger partial charge < -0.3 is 15.0 Å².